The zero-order valence-electron chi connectivity index (χ0n) is 12.2. The average molecular weight is 300 g/mol. The first kappa shape index (κ1) is 13.8. The minimum absolute atomic E-state index is 0.381. The Labute approximate surface area is 126 Å². The van der Waals surface area contributed by atoms with Gasteiger partial charge >= 0.3 is 5.97 Å². The lowest BCUT2D eigenvalue weighted by atomic mass is 10.0. The quantitative estimate of drug-likeness (QED) is 0.797. The Morgan fingerprint density at radius 2 is 2.10 bits per heavy atom. The van der Waals surface area contributed by atoms with Crippen LogP contribution >= 0.6 is 11.3 Å². The van der Waals surface area contributed by atoms with E-state index in [1.165, 1.54) is 22.5 Å². The molecule has 0 atom stereocenters. The van der Waals surface area contributed by atoms with Crippen LogP contribution in [0.5, 0.6) is 0 Å². The molecule has 2 aromatic heterocycles. The van der Waals surface area contributed by atoms with Gasteiger partial charge < -0.3 is 5.11 Å². The molecule has 21 heavy (non-hydrogen) atoms. The molecule has 0 unspecified atom stereocenters. The normalized spacial score (nSPS) is 11.2. The molecule has 0 aliphatic rings. The molecule has 0 bridgehead atoms. The van der Waals surface area contributed by atoms with Gasteiger partial charge in [0, 0.05) is 17.5 Å². The van der Waals surface area contributed by atoms with Gasteiger partial charge in [-0.15, -0.1) is 0 Å². The standard InChI is InChI=1S/C16H16N2O2S/c1-4-13-14(15(19)20)21-16-17-12(8-18(13)16)11-6-5-9(2)10(3)7-11/h5-8H,4H2,1-3H3,(H,19,20). The molecule has 3 aromatic rings. The summed E-state index contributed by atoms with van der Waals surface area (Å²) in [4.78, 5) is 17.0. The van der Waals surface area contributed by atoms with E-state index in [4.69, 9.17) is 0 Å². The largest absolute Gasteiger partial charge is 0.477 e. The Bertz CT molecular complexity index is 845. The SMILES string of the molecule is CCc1c(C(=O)O)sc2nc(-c3ccc(C)c(C)c3)cn12. The first-order valence-electron chi connectivity index (χ1n) is 6.83. The zero-order valence-corrected chi connectivity index (χ0v) is 13.0. The molecule has 5 heteroatoms. The van der Waals surface area contributed by atoms with Crippen LogP contribution in [-0.2, 0) is 6.42 Å². The first-order valence-corrected chi connectivity index (χ1v) is 7.64. The summed E-state index contributed by atoms with van der Waals surface area (Å²) in [5, 5.41) is 9.24. The number of carboxylic acids is 1. The van der Waals surface area contributed by atoms with Gasteiger partial charge in [-0.2, -0.15) is 0 Å². The van der Waals surface area contributed by atoms with Gasteiger partial charge in [0.15, 0.2) is 4.96 Å². The molecule has 4 nitrogen and oxygen atoms in total. The summed E-state index contributed by atoms with van der Waals surface area (Å²) in [7, 11) is 0. The number of benzene rings is 1. The summed E-state index contributed by atoms with van der Waals surface area (Å²) in [6.07, 6.45) is 2.60. The van der Waals surface area contributed by atoms with Gasteiger partial charge in [0.25, 0.3) is 0 Å². The molecule has 0 radical (unpaired) electrons. The molecule has 0 spiro atoms. The molecule has 1 aromatic carbocycles. The topological polar surface area (TPSA) is 54.6 Å². The summed E-state index contributed by atoms with van der Waals surface area (Å²) in [5.41, 5.74) is 5.24. The smallest absolute Gasteiger partial charge is 0.347 e. The van der Waals surface area contributed by atoms with Gasteiger partial charge in [-0.25, -0.2) is 9.78 Å². The van der Waals surface area contributed by atoms with Gasteiger partial charge in [-0.3, -0.25) is 4.40 Å². The second-order valence-corrected chi connectivity index (χ2v) is 6.09. The highest BCUT2D eigenvalue weighted by Crippen LogP contribution is 2.28. The predicted molar refractivity (Wildman–Crippen MR) is 84.3 cm³/mol. The number of fused-ring (bicyclic) bond motifs is 1. The Kier molecular flexibility index (Phi) is 3.29. The van der Waals surface area contributed by atoms with Crippen LogP contribution in [0.15, 0.2) is 24.4 Å². The van der Waals surface area contributed by atoms with Crippen LogP contribution in [0, 0.1) is 13.8 Å². The van der Waals surface area contributed by atoms with Crippen LogP contribution < -0.4 is 0 Å². The molecule has 2 heterocycles. The van der Waals surface area contributed by atoms with Crippen molar-refractivity contribution in [2.45, 2.75) is 27.2 Å². The van der Waals surface area contributed by atoms with Crippen LogP contribution in [0.1, 0.15) is 33.4 Å². The van der Waals surface area contributed by atoms with E-state index in [1.807, 2.05) is 17.5 Å². The van der Waals surface area contributed by atoms with Crippen molar-refractivity contribution in [1.29, 1.82) is 0 Å². The van der Waals surface area contributed by atoms with E-state index in [-0.39, 0.29) is 0 Å². The zero-order chi connectivity index (χ0) is 15.1. The van der Waals surface area contributed by atoms with E-state index in [9.17, 15) is 9.90 Å². The Morgan fingerprint density at radius 3 is 2.71 bits per heavy atom. The number of carboxylic acid groups (broad SMARTS) is 1. The lowest BCUT2D eigenvalue weighted by Crippen LogP contribution is -1.99. The second kappa shape index (κ2) is 5.00. The number of imidazole rings is 1. The highest BCUT2D eigenvalue weighted by atomic mass is 32.1. The fraction of sp³-hybridized carbons (Fsp3) is 0.250. The molecule has 0 fully saturated rings. The average Bonchev–Trinajstić information content (AvgIpc) is 2.98. The van der Waals surface area contributed by atoms with E-state index in [1.54, 1.807) is 0 Å². The monoisotopic (exact) mass is 300 g/mol. The summed E-state index contributed by atoms with van der Waals surface area (Å²) in [5.74, 6) is -0.880. The molecule has 0 saturated carbocycles. The number of carbonyl (C=O) groups is 1. The predicted octanol–water partition coefficient (Wildman–Crippen LogP) is 3.94. The third kappa shape index (κ3) is 2.23. The van der Waals surface area contributed by atoms with Gasteiger partial charge in [0.1, 0.15) is 4.88 Å². The fourth-order valence-electron chi connectivity index (χ4n) is 2.43. The summed E-state index contributed by atoms with van der Waals surface area (Å²) >= 11 is 1.23. The number of aromatic carboxylic acids is 1. The molecule has 0 aliphatic carbocycles. The third-order valence-corrected chi connectivity index (χ3v) is 4.84. The molecule has 0 saturated heterocycles. The molecule has 0 amide bonds. The Morgan fingerprint density at radius 1 is 1.33 bits per heavy atom. The van der Waals surface area contributed by atoms with E-state index in [2.05, 4.69) is 37.0 Å². The lowest BCUT2D eigenvalue weighted by Gasteiger charge is -2.02. The molecule has 0 aliphatic heterocycles. The maximum absolute atomic E-state index is 11.3. The first-order chi connectivity index (χ1) is 10.0. The van der Waals surface area contributed by atoms with Crippen molar-refractivity contribution >= 4 is 22.3 Å². The van der Waals surface area contributed by atoms with Crippen LogP contribution in [-0.4, -0.2) is 20.5 Å². The number of hydrogen-bond acceptors (Lipinski definition) is 3. The van der Waals surface area contributed by atoms with Crippen molar-refractivity contribution in [2.24, 2.45) is 0 Å². The Hall–Kier alpha value is -2.14. The summed E-state index contributed by atoms with van der Waals surface area (Å²) in [6, 6.07) is 6.26. The minimum atomic E-state index is -0.880. The summed E-state index contributed by atoms with van der Waals surface area (Å²) in [6.45, 7) is 6.13. The number of rotatable bonds is 3. The minimum Gasteiger partial charge on any atom is -0.477 e. The van der Waals surface area contributed by atoms with E-state index >= 15 is 0 Å². The number of thiazole rings is 1. The van der Waals surface area contributed by atoms with Crippen molar-refractivity contribution in [3.63, 3.8) is 0 Å². The molecule has 3 rings (SSSR count). The van der Waals surface area contributed by atoms with Crippen LogP contribution in [0.25, 0.3) is 16.2 Å². The van der Waals surface area contributed by atoms with Crippen molar-refractivity contribution in [1.82, 2.24) is 9.38 Å². The molecular formula is C16H16N2O2S. The second-order valence-electron chi connectivity index (χ2n) is 5.11. The molecule has 108 valence electrons. The highest BCUT2D eigenvalue weighted by Gasteiger charge is 2.18. The maximum atomic E-state index is 11.3. The van der Waals surface area contributed by atoms with Crippen LogP contribution in [0.3, 0.4) is 0 Å². The van der Waals surface area contributed by atoms with Gasteiger partial charge in [-0.1, -0.05) is 30.4 Å². The van der Waals surface area contributed by atoms with Gasteiger partial charge in [0.05, 0.1) is 5.69 Å². The maximum Gasteiger partial charge on any atom is 0.347 e. The fourth-order valence-corrected chi connectivity index (χ4v) is 3.46. The molecular weight excluding hydrogens is 284 g/mol. The highest BCUT2D eigenvalue weighted by molar-refractivity contribution is 7.19. The number of aromatic nitrogens is 2. The summed E-state index contributed by atoms with van der Waals surface area (Å²) < 4.78 is 1.90. The van der Waals surface area contributed by atoms with E-state index < -0.39 is 5.97 Å². The lowest BCUT2D eigenvalue weighted by molar-refractivity contribution is 0.0700. The number of nitrogens with zero attached hydrogens (tertiary/aromatic N) is 2. The van der Waals surface area contributed by atoms with Crippen molar-refractivity contribution in [3.05, 3.63) is 46.1 Å². The molecule has 1 N–H and O–H groups in total. The van der Waals surface area contributed by atoms with Crippen LogP contribution in [0.2, 0.25) is 0 Å². The Balaban J connectivity index is 2.15. The van der Waals surface area contributed by atoms with Crippen molar-refractivity contribution in [3.8, 4) is 11.3 Å². The van der Waals surface area contributed by atoms with Gasteiger partial charge in [-0.05, 0) is 37.5 Å². The van der Waals surface area contributed by atoms with Crippen molar-refractivity contribution in [2.75, 3.05) is 0 Å². The number of hydrogen-bond donors (Lipinski definition) is 1. The van der Waals surface area contributed by atoms with Gasteiger partial charge in [0.2, 0.25) is 0 Å². The number of aryl methyl sites for hydroxylation is 3. The van der Waals surface area contributed by atoms with Crippen molar-refractivity contribution < 1.29 is 9.90 Å². The van der Waals surface area contributed by atoms with E-state index in [0.717, 1.165) is 21.9 Å². The van der Waals surface area contributed by atoms with Crippen LogP contribution in [0.4, 0.5) is 0 Å². The van der Waals surface area contributed by atoms with E-state index in [0.29, 0.717) is 11.3 Å². The third-order valence-electron chi connectivity index (χ3n) is 3.75.